The Balaban J connectivity index is 2.10. The topological polar surface area (TPSA) is 20.2 Å². The van der Waals surface area contributed by atoms with Gasteiger partial charge >= 0.3 is 0 Å². The Bertz CT molecular complexity index is 629. The molecule has 0 amide bonds. The molecule has 0 saturated carbocycles. The van der Waals surface area contributed by atoms with E-state index in [0.717, 1.165) is 12.2 Å². The number of hydrogen-bond acceptors (Lipinski definition) is 3. The van der Waals surface area contributed by atoms with Gasteiger partial charge in [0.2, 0.25) is 0 Å². The van der Waals surface area contributed by atoms with Crippen molar-refractivity contribution in [3.8, 4) is 10.4 Å². The summed E-state index contributed by atoms with van der Waals surface area (Å²) < 4.78 is -0.00345. The fourth-order valence-corrected chi connectivity index (χ4v) is 5.55. The van der Waals surface area contributed by atoms with E-state index >= 15 is 0 Å². The van der Waals surface area contributed by atoms with Crippen molar-refractivity contribution in [1.82, 2.24) is 0 Å². The number of benzene rings is 1. The largest absolute Gasteiger partial charge is 0.389 e. The zero-order valence-electron chi connectivity index (χ0n) is 12.1. The van der Waals surface area contributed by atoms with Crippen LogP contribution in [0.2, 0.25) is 0 Å². The Labute approximate surface area is 129 Å². The van der Waals surface area contributed by atoms with Crippen LogP contribution in [-0.2, 0) is 4.75 Å². The Morgan fingerprint density at radius 3 is 2.50 bits per heavy atom. The lowest BCUT2D eigenvalue weighted by Gasteiger charge is -2.27. The van der Waals surface area contributed by atoms with E-state index in [1.54, 1.807) is 11.3 Å². The molecule has 1 saturated heterocycles. The molecule has 106 valence electrons. The van der Waals surface area contributed by atoms with Gasteiger partial charge in [0.25, 0.3) is 0 Å². The molecule has 2 atom stereocenters. The van der Waals surface area contributed by atoms with E-state index in [9.17, 15) is 5.11 Å². The normalized spacial score (nSPS) is 29.8. The maximum Gasteiger partial charge on any atom is 0.0726 e. The fourth-order valence-electron chi connectivity index (χ4n) is 3.11. The molecular weight excluding hydrogens is 284 g/mol. The predicted molar refractivity (Wildman–Crippen MR) is 89.5 cm³/mol. The van der Waals surface area contributed by atoms with E-state index in [1.807, 2.05) is 18.7 Å². The molecule has 0 radical (unpaired) electrons. The summed E-state index contributed by atoms with van der Waals surface area (Å²) in [5, 5.41) is 12.5. The first-order valence-electron chi connectivity index (χ1n) is 6.92. The van der Waals surface area contributed by atoms with Gasteiger partial charge in [0.05, 0.1) is 5.60 Å². The maximum absolute atomic E-state index is 10.3. The summed E-state index contributed by atoms with van der Waals surface area (Å²) >= 11 is 3.68. The third-order valence-corrected chi connectivity index (χ3v) is 6.84. The van der Waals surface area contributed by atoms with Crippen molar-refractivity contribution in [2.45, 2.75) is 37.5 Å². The van der Waals surface area contributed by atoms with Gasteiger partial charge in [-0.1, -0.05) is 24.3 Å². The van der Waals surface area contributed by atoms with Crippen molar-refractivity contribution in [2.75, 3.05) is 5.75 Å². The highest BCUT2D eigenvalue weighted by molar-refractivity contribution is 8.00. The highest BCUT2D eigenvalue weighted by Gasteiger charge is 2.44. The maximum atomic E-state index is 10.3. The average molecular weight is 304 g/mol. The fraction of sp³-hybridized carbons (Fsp3) is 0.412. The molecule has 1 aromatic carbocycles. The average Bonchev–Trinajstić information content (AvgIpc) is 2.94. The van der Waals surface area contributed by atoms with Crippen LogP contribution in [0.25, 0.3) is 10.4 Å². The highest BCUT2D eigenvalue weighted by Crippen LogP contribution is 2.53. The van der Waals surface area contributed by atoms with Gasteiger partial charge in [-0.2, -0.15) is 0 Å². The number of thioether (sulfide) groups is 1. The lowest BCUT2D eigenvalue weighted by atomic mass is 9.86. The molecular formula is C17H20OS2. The van der Waals surface area contributed by atoms with Gasteiger partial charge in [-0.15, -0.1) is 23.1 Å². The minimum atomic E-state index is -0.559. The number of aliphatic hydroxyl groups is 1. The summed E-state index contributed by atoms with van der Waals surface area (Å²) in [4.78, 5) is 1.36. The van der Waals surface area contributed by atoms with E-state index in [4.69, 9.17) is 0 Å². The Kier molecular flexibility index (Phi) is 3.47. The number of rotatable bonds is 2. The summed E-state index contributed by atoms with van der Waals surface area (Å²) in [6.45, 7) is 6.38. The summed E-state index contributed by atoms with van der Waals surface area (Å²) in [7, 11) is 0. The quantitative estimate of drug-likeness (QED) is 0.858. The van der Waals surface area contributed by atoms with Gasteiger partial charge in [-0.3, -0.25) is 0 Å². The molecule has 2 aromatic rings. The first kappa shape index (κ1) is 14.2. The van der Waals surface area contributed by atoms with Crippen LogP contribution in [0.4, 0.5) is 0 Å². The van der Waals surface area contributed by atoms with E-state index in [0.29, 0.717) is 0 Å². The third kappa shape index (κ3) is 2.43. The third-order valence-electron chi connectivity index (χ3n) is 4.02. The van der Waals surface area contributed by atoms with Crippen LogP contribution >= 0.6 is 23.1 Å². The summed E-state index contributed by atoms with van der Waals surface area (Å²) in [5.74, 6) is 0.807. The standard InChI is InChI=1S/C17H20OS2/c1-12-8-9-19-15(12)13-6-4-5-7-14(13)17(3)10-16(2,18)11-20-17/h4-9,18H,10-11H2,1-3H3. The second kappa shape index (κ2) is 4.90. The molecule has 1 nitrogen and oxygen atoms in total. The number of thiophene rings is 1. The van der Waals surface area contributed by atoms with Gasteiger partial charge < -0.3 is 5.11 Å². The van der Waals surface area contributed by atoms with Crippen LogP contribution in [0.5, 0.6) is 0 Å². The predicted octanol–water partition coefficient (Wildman–Crippen LogP) is 4.83. The molecule has 3 heteroatoms. The SMILES string of the molecule is Cc1ccsc1-c1ccccc1C1(C)CC(C)(O)CS1. The van der Waals surface area contributed by atoms with Crippen LogP contribution in [0, 0.1) is 6.92 Å². The molecule has 2 unspecified atom stereocenters. The van der Waals surface area contributed by atoms with Crippen molar-refractivity contribution >= 4 is 23.1 Å². The van der Waals surface area contributed by atoms with Gasteiger partial charge in [-0.25, -0.2) is 0 Å². The van der Waals surface area contributed by atoms with E-state index < -0.39 is 5.60 Å². The second-order valence-electron chi connectivity index (χ2n) is 6.17. The van der Waals surface area contributed by atoms with Crippen LogP contribution in [0.15, 0.2) is 35.7 Å². The molecule has 0 bridgehead atoms. The van der Waals surface area contributed by atoms with Crippen LogP contribution in [-0.4, -0.2) is 16.5 Å². The van der Waals surface area contributed by atoms with Gasteiger partial charge in [0.15, 0.2) is 0 Å². The monoisotopic (exact) mass is 304 g/mol. The number of aryl methyl sites for hydroxylation is 1. The zero-order valence-corrected chi connectivity index (χ0v) is 13.8. The molecule has 1 aromatic heterocycles. The Morgan fingerprint density at radius 2 is 1.90 bits per heavy atom. The van der Waals surface area contributed by atoms with Crippen molar-refractivity contribution in [3.05, 3.63) is 46.8 Å². The molecule has 0 spiro atoms. The van der Waals surface area contributed by atoms with Crippen LogP contribution in [0.1, 0.15) is 31.4 Å². The molecule has 1 aliphatic heterocycles. The van der Waals surface area contributed by atoms with Gasteiger partial charge in [0, 0.05) is 15.4 Å². The lowest BCUT2D eigenvalue weighted by Crippen LogP contribution is -2.26. The van der Waals surface area contributed by atoms with E-state index in [2.05, 4.69) is 49.6 Å². The van der Waals surface area contributed by atoms with Crippen molar-refractivity contribution in [2.24, 2.45) is 0 Å². The smallest absolute Gasteiger partial charge is 0.0726 e. The minimum absolute atomic E-state index is 0.00345. The molecule has 1 aliphatic rings. The Hall–Kier alpha value is -0.770. The van der Waals surface area contributed by atoms with Gasteiger partial charge in [-0.05, 0) is 55.3 Å². The molecule has 0 aliphatic carbocycles. The molecule has 20 heavy (non-hydrogen) atoms. The Morgan fingerprint density at radius 1 is 1.15 bits per heavy atom. The zero-order chi connectivity index (χ0) is 14.4. The van der Waals surface area contributed by atoms with Crippen molar-refractivity contribution < 1.29 is 5.11 Å². The minimum Gasteiger partial charge on any atom is -0.389 e. The van der Waals surface area contributed by atoms with Crippen LogP contribution < -0.4 is 0 Å². The first-order chi connectivity index (χ1) is 9.41. The highest BCUT2D eigenvalue weighted by atomic mass is 32.2. The van der Waals surface area contributed by atoms with Gasteiger partial charge in [0.1, 0.15) is 0 Å². The van der Waals surface area contributed by atoms with Crippen molar-refractivity contribution in [1.29, 1.82) is 0 Å². The van der Waals surface area contributed by atoms with E-state index in [-0.39, 0.29) is 4.75 Å². The van der Waals surface area contributed by atoms with E-state index in [1.165, 1.54) is 21.6 Å². The summed E-state index contributed by atoms with van der Waals surface area (Å²) in [5.41, 5.74) is 3.46. The second-order valence-corrected chi connectivity index (χ2v) is 8.57. The molecule has 2 heterocycles. The van der Waals surface area contributed by atoms with Crippen LogP contribution in [0.3, 0.4) is 0 Å². The first-order valence-corrected chi connectivity index (χ1v) is 8.78. The molecule has 1 fully saturated rings. The summed E-state index contributed by atoms with van der Waals surface area (Å²) in [6, 6.07) is 10.8. The molecule has 3 rings (SSSR count). The summed E-state index contributed by atoms with van der Waals surface area (Å²) in [6.07, 6.45) is 0.812. The van der Waals surface area contributed by atoms with Crippen molar-refractivity contribution in [3.63, 3.8) is 0 Å². The number of hydrogen-bond donors (Lipinski definition) is 1. The lowest BCUT2D eigenvalue weighted by molar-refractivity contribution is 0.0754. The molecule has 1 N–H and O–H groups in total.